The fourth-order valence-corrected chi connectivity index (χ4v) is 1.55. The van der Waals surface area contributed by atoms with Crippen LogP contribution >= 0.6 is 0 Å². The van der Waals surface area contributed by atoms with Crippen LogP contribution in [0.5, 0.6) is 0 Å². The average Bonchev–Trinajstić information content (AvgIpc) is 2.29. The molecule has 0 aliphatic rings. The Balaban J connectivity index is 2.58. The number of hydrogen-bond donors (Lipinski definition) is 1. The second-order valence-corrected chi connectivity index (χ2v) is 3.48. The third-order valence-corrected chi connectivity index (χ3v) is 2.34. The second-order valence-electron chi connectivity index (χ2n) is 3.48. The number of pyridine rings is 1. The number of nitrogens with zero attached hydrogens (tertiary/aromatic N) is 1. The number of halogens is 3. The first-order valence-corrected chi connectivity index (χ1v) is 4.87. The molecule has 1 aromatic heterocycles. The molecule has 1 aromatic carbocycles. The summed E-state index contributed by atoms with van der Waals surface area (Å²) in [6.07, 6.45) is -3.35. The Morgan fingerprint density at radius 1 is 1.00 bits per heavy atom. The van der Waals surface area contributed by atoms with E-state index in [2.05, 4.69) is 4.98 Å². The minimum absolute atomic E-state index is 0.153. The number of benzene rings is 1. The lowest BCUT2D eigenvalue weighted by Crippen LogP contribution is -2.10. The summed E-state index contributed by atoms with van der Waals surface area (Å²) in [5.74, 6) is 0. The van der Waals surface area contributed by atoms with Crippen molar-refractivity contribution >= 4 is 5.69 Å². The van der Waals surface area contributed by atoms with E-state index in [1.54, 1.807) is 30.3 Å². The van der Waals surface area contributed by atoms with Crippen molar-refractivity contribution in [3.05, 3.63) is 48.2 Å². The molecule has 0 aliphatic heterocycles. The van der Waals surface area contributed by atoms with E-state index < -0.39 is 11.7 Å². The number of nitrogens with two attached hydrogens (primary N) is 1. The average molecular weight is 238 g/mol. The maximum atomic E-state index is 12.6. The summed E-state index contributed by atoms with van der Waals surface area (Å²) >= 11 is 0. The van der Waals surface area contributed by atoms with Crippen molar-refractivity contribution in [3.8, 4) is 11.3 Å². The lowest BCUT2D eigenvalue weighted by molar-refractivity contribution is -0.136. The van der Waals surface area contributed by atoms with E-state index in [1.165, 1.54) is 0 Å². The van der Waals surface area contributed by atoms with E-state index in [0.29, 0.717) is 5.56 Å². The summed E-state index contributed by atoms with van der Waals surface area (Å²) in [6, 6.07) is 9.42. The minimum Gasteiger partial charge on any atom is -0.396 e. The smallest absolute Gasteiger partial charge is 0.396 e. The first-order chi connectivity index (χ1) is 8.00. The van der Waals surface area contributed by atoms with Crippen LogP contribution in [0.25, 0.3) is 11.3 Å². The number of hydrogen-bond acceptors (Lipinski definition) is 2. The molecule has 0 spiro atoms. The molecule has 2 aromatic rings. The summed E-state index contributed by atoms with van der Waals surface area (Å²) < 4.78 is 37.9. The van der Waals surface area contributed by atoms with Gasteiger partial charge in [-0.2, -0.15) is 13.2 Å². The quantitative estimate of drug-likeness (QED) is 0.827. The Hall–Kier alpha value is -2.04. The van der Waals surface area contributed by atoms with Crippen LogP contribution in [0.4, 0.5) is 18.9 Å². The fraction of sp³-hybridized carbons (Fsp3) is 0.0833. The van der Waals surface area contributed by atoms with Crippen molar-refractivity contribution in [2.75, 3.05) is 5.73 Å². The number of alkyl halides is 3. The van der Waals surface area contributed by atoms with E-state index in [9.17, 15) is 13.2 Å². The molecule has 0 fully saturated rings. The van der Waals surface area contributed by atoms with Crippen molar-refractivity contribution in [1.82, 2.24) is 4.98 Å². The minimum atomic E-state index is -4.46. The molecule has 0 unspecified atom stereocenters. The normalized spacial score (nSPS) is 11.5. The molecule has 0 bridgehead atoms. The van der Waals surface area contributed by atoms with Gasteiger partial charge in [-0.1, -0.05) is 30.3 Å². The van der Waals surface area contributed by atoms with Gasteiger partial charge in [-0.15, -0.1) is 0 Å². The highest BCUT2D eigenvalue weighted by Gasteiger charge is 2.34. The lowest BCUT2D eigenvalue weighted by atomic mass is 10.1. The highest BCUT2D eigenvalue weighted by molar-refractivity contribution is 5.75. The van der Waals surface area contributed by atoms with E-state index in [0.717, 1.165) is 12.3 Å². The molecule has 2 N–H and O–H groups in total. The van der Waals surface area contributed by atoms with E-state index >= 15 is 0 Å². The standard InChI is InChI=1S/C12H9F3N2/c13-12(14,15)9-6-7-17-11(10(9)16)8-4-2-1-3-5-8/h1-7H,16H2. The topological polar surface area (TPSA) is 38.9 Å². The molecule has 1 heterocycles. The number of nitrogen functional groups attached to an aromatic ring is 1. The van der Waals surface area contributed by atoms with Crippen molar-refractivity contribution in [3.63, 3.8) is 0 Å². The molecule has 0 saturated carbocycles. The van der Waals surface area contributed by atoms with Crippen LogP contribution < -0.4 is 5.73 Å². The number of rotatable bonds is 1. The first kappa shape index (κ1) is 11.4. The van der Waals surface area contributed by atoms with Crippen LogP contribution in [0, 0.1) is 0 Å². The van der Waals surface area contributed by atoms with Gasteiger partial charge in [0.05, 0.1) is 16.9 Å². The van der Waals surface area contributed by atoms with Crippen LogP contribution in [0.3, 0.4) is 0 Å². The Bertz CT molecular complexity index is 521. The summed E-state index contributed by atoms with van der Waals surface area (Å²) in [5.41, 5.74) is 5.04. The third-order valence-electron chi connectivity index (χ3n) is 2.34. The van der Waals surface area contributed by atoms with Gasteiger partial charge in [0.1, 0.15) is 0 Å². The Morgan fingerprint density at radius 2 is 1.65 bits per heavy atom. The van der Waals surface area contributed by atoms with Gasteiger partial charge in [-0.05, 0) is 6.07 Å². The molecule has 2 rings (SSSR count). The zero-order valence-electron chi connectivity index (χ0n) is 8.70. The zero-order chi connectivity index (χ0) is 12.5. The number of aromatic nitrogens is 1. The first-order valence-electron chi connectivity index (χ1n) is 4.87. The highest BCUT2D eigenvalue weighted by atomic mass is 19.4. The molecule has 0 amide bonds. The monoisotopic (exact) mass is 238 g/mol. The van der Waals surface area contributed by atoms with Gasteiger partial charge in [0, 0.05) is 11.8 Å². The van der Waals surface area contributed by atoms with Gasteiger partial charge in [-0.25, -0.2) is 0 Å². The van der Waals surface area contributed by atoms with Crippen LogP contribution in [0.1, 0.15) is 5.56 Å². The largest absolute Gasteiger partial charge is 0.418 e. The maximum Gasteiger partial charge on any atom is 0.418 e. The summed E-state index contributed by atoms with van der Waals surface area (Å²) in [5, 5.41) is 0. The highest BCUT2D eigenvalue weighted by Crippen LogP contribution is 2.37. The van der Waals surface area contributed by atoms with E-state index in [-0.39, 0.29) is 11.4 Å². The fourth-order valence-electron chi connectivity index (χ4n) is 1.55. The molecule has 5 heteroatoms. The molecule has 2 nitrogen and oxygen atoms in total. The summed E-state index contributed by atoms with van der Waals surface area (Å²) in [6.45, 7) is 0. The van der Waals surface area contributed by atoms with Gasteiger partial charge in [0.15, 0.2) is 0 Å². The zero-order valence-corrected chi connectivity index (χ0v) is 8.70. The molecule has 17 heavy (non-hydrogen) atoms. The number of anilines is 1. The Kier molecular flexibility index (Phi) is 2.75. The molecule has 0 aliphatic carbocycles. The van der Waals surface area contributed by atoms with Crippen molar-refractivity contribution in [1.29, 1.82) is 0 Å². The third kappa shape index (κ3) is 2.22. The molecular formula is C12H9F3N2. The van der Waals surface area contributed by atoms with Gasteiger partial charge < -0.3 is 5.73 Å². The van der Waals surface area contributed by atoms with E-state index in [1.807, 2.05) is 0 Å². The molecule has 0 atom stereocenters. The predicted molar refractivity (Wildman–Crippen MR) is 59.1 cm³/mol. The maximum absolute atomic E-state index is 12.6. The predicted octanol–water partition coefficient (Wildman–Crippen LogP) is 3.35. The van der Waals surface area contributed by atoms with Crippen molar-refractivity contribution in [2.45, 2.75) is 6.18 Å². The summed E-state index contributed by atoms with van der Waals surface area (Å²) in [4.78, 5) is 3.90. The van der Waals surface area contributed by atoms with E-state index in [4.69, 9.17) is 5.73 Å². The van der Waals surface area contributed by atoms with Crippen molar-refractivity contribution in [2.24, 2.45) is 0 Å². The van der Waals surface area contributed by atoms with Gasteiger partial charge in [0.25, 0.3) is 0 Å². The molecule has 0 saturated heterocycles. The lowest BCUT2D eigenvalue weighted by Gasteiger charge is -2.12. The molecule has 0 radical (unpaired) electrons. The second kappa shape index (κ2) is 4.08. The Morgan fingerprint density at radius 3 is 2.24 bits per heavy atom. The molecule has 88 valence electrons. The Labute approximate surface area is 95.9 Å². The van der Waals surface area contributed by atoms with Gasteiger partial charge >= 0.3 is 6.18 Å². The van der Waals surface area contributed by atoms with Gasteiger partial charge in [0.2, 0.25) is 0 Å². The van der Waals surface area contributed by atoms with Crippen LogP contribution in [-0.4, -0.2) is 4.98 Å². The van der Waals surface area contributed by atoms with Crippen molar-refractivity contribution < 1.29 is 13.2 Å². The summed E-state index contributed by atoms with van der Waals surface area (Å²) in [7, 11) is 0. The molecular weight excluding hydrogens is 229 g/mol. The SMILES string of the molecule is Nc1c(C(F)(F)F)ccnc1-c1ccccc1. The van der Waals surface area contributed by atoms with Gasteiger partial charge in [-0.3, -0.25) is 4.98 Å². The van der Waals surface area contributed by atoms with Crippen LogP contribution in [-0.2, 0) is 6.18 Å². The van der Waals surface area contributed by atoms with Crippen LogP contribution in [0.15, 0.2) is 42.6 Å². The van der Waals surface area contributed by atoms with Crippen LogP contribution in [0.2, 0.25) is 0 Å².